The van der Waals surface area contributed by atoms with E-state index in [4.69, 9.17) is 0 Å². The SMILES string of the molecule is O=C(NCCCN1CCCC[C@@H]1CO)c1ccc2[nH]ccc2c1. The number of nitrogens with zero attached hydrogens (tertiary/aromatic N) is 1. The normalized spacial score (nSPS) is 19.1. The molecule has 5 nitrogen and oxygen atoms in total. The Hall–Kier alpha value is -1.85. The van der Waals surface area contributed by atoms with Gasteiger partial charge in [-0.25, -0.2) is 0 Å². The van der Waals surface area contributed by atoms with Gasteiger partial charge >= 0.3 is 0 Å². The summed E-state index contributed by atoms with van der Waals surface area (Å²) >= 11 is 0. The molecule has 124 valence electrons. The van der Waals surface area contributed by atoms with E-state index in [-0.39, 0.29) is 12.5 Å². The number of benzene rings is 1. The van der Waals surface area contributed by atoms with Crippen molar-refractivity contribution in [2.45, 2.75) is 31.7 Å². The van der Waals surface area contributed by atoms with Crippen LogP contribution in [0.25, 0.3) is 10.9 Å². The van der Waals surface area contributed by atoms with Gasteiger partial charge in [-0.1, -0.05) is 6.42 Å². The van der Waals surface area contributed by atoms with Crippen molar-refractivity contribution in [3.63, 3.8) is 0 Å². The first-order valence-electron chi connectivity index (χ1n) is 8.48. The van der Waals surface area contributed by atoms with Crippen LogP contribution in [-0.4, -0.2) is 53.2 Å². The van der Waals surface area contributed by atoms with E-state index in [1.165, 1.54) is 12.8 Å². The minimum atomic E-state index is -0.0227. The molecule has 1 saturated heterocycles. The molecule has 2 aromatic rings. The number of hydrogen-bond acceptors (Lipinski definition) is 3. The van der Waals surface area contributed by atoms with E-state index >= 15 is 0 Å². The summed E-state index contributed by atoms with van der Waals surface area (Å²) in [7, 11) is 0. The molecule has 0 aliphatic carbocycles. The van der Waals surface area contributed by atoms with Crippen LogP contribution in [0.5, 0.6) is 0 Å². The Morgan fingerprint density at radius 3 is 3.13 bits per heavy atom. The number of aromatic amines is 1. The predicted molar refractivity (Wildman–Crippen MR) is 91.5 cm³/mol. The third kappa shape index (κ3) is 3.92. The molecule has 1 aliphatic heterocycles. The lowest BCUT2D eigenvalue weighted by Gasteiger charge is -2.34. The highest BCUT2D eigenvalue weighted by molar-refractivity contribution is 5.98. The van der Waals surface area contributed by atoms with Crippen molar-refractivity contribution >= 4 is 16.8 Å². The molecule has 0 unspecified atom stereocenters. The summed E-state index contributed by atoms with van der Waals surface area (Å²) in [5, 5.41) is 13.5. The number of H-pyrrole nitrogens is 1. The number of aliphatic hydroxyl groups excluding tert-OH is 1. The first-order valence-corrected chi connectivity index (χ1v) is 8.48. The number of amides is 1. The molecular weight excluding hydrogens is 290 g/mol. The average molecular weight is 315 g/mol. The second kappa shape index (κ2) is 7.62. The van der Waals surface area contributed by atoms with Gasteiger partial charge < -0.3 is 15.4 Å². The van der Waals surface area contributed by atoms with Crippen molar-refractivity contribution in [3.8, 4) is 0 Å². The summed E-state index contributed by atoms with van der Waals surface area (Å²) in [6, 6.07) is 7.96. The van der Waals surface area contributed by atoms with E-state index in [2.05, 4.69) is 15.2 Å². The van der Waals surface area contributed by atoms with Crippen molar-refractivity contribution in [1.82, 2.24) is 15.2 Å². The van der Waals surface area contributed by atoms with E-state index in [9.17, 15) is 9.90 Å². The number of rotatable bonds is 6. The molecule has 3 N–H and O–H groups in total. The van der Waals surface area contributed by atoms with Crippen LogP contribution < -0.4 is 5.32 Å². The van der Waals surface area contributed by atoms with Crippen molar-refractivity contribution in [3.05, 3.63) is 36.0 Å². The summed E-state index contributed by atoms with van der Waals surface area (Å²) < 4.78 is 0. The average Bonchev–Trinajstić information content (AvgIpc) is 3.06. The Bertz CT molecular complexity index is 653. The summed E-state index contributed by atoms with van der Waals surface area (Å²) in [6.07, 6.45) is 6.29. The fourth-order valence-electron chi connectivity index (χ4n) is 3.34. The fraction of sp³-hybridized carbons (Fsp3) is 0.500. The third-order valence-corrected chi connectivity index (χ3v) is 4.68. The predicted octanol–water partition coefficient (Wildman–Crippen LogP) is 2.13. The molecule has 1 atom stereocenters. The zero-order valence-electron chi connectivity index (χ0n) is 13.4. The third-order valence-electron chi connectivity index (χ3n) is 4.68. The van der Waals surface area contributed by atoms with Gasteiger partial charge in [-0.05, 0) is 50.1 Å². The largest absolute Gasteiger partial charge is 0.395 e. The summed E-state index contributed by atoms with van der Waals surface area (Å²) in [5.74, 6) is -0.0227. The highest BCUT2D eigenvalue weighted by Gasteiger charge is 2.20. The molecule has 1 aromatic carbocycles. The number of piperidine rings is 1. The highest BCUT2D eigenvalue weighted by atomic mass is 16.3. The van der Waals surface area contributed by atoms with E-state index < -0.39 is 0 Å². The van der Waals surface area contributed by atoms with Crippen molar-refractivity contribution < 1.29 is 9.90 Å². The number of carbonyl (C=O) groups excluding carboxylic acids is 1. The number of hydrogen-bond donors (Lipinski definition) is 3. The van der Waals surface area contributed by atoms with Crippen LogP contribution in [0.4, 0.5) is 0 Å². The van der Waals surface area contributed by atoms with E-state index in [0.29, 0.717) is 18.2 Å². The first kappa shape index (κ1) is 16.0. The van der Waals surface area contributed by atoms with E-state index in [1.54, 1.807) is 0 Å². The molecule has 3 rings (SSSR count). The Morgan fingerprint density at radius 1 is 1.35 bits per heavy atom. The minimum absolute atomic E-state index is 0.0227. The lowest BCUT2D eigenvalue weighted by atomic mass is 10.0. The number of aromatic nitrogens is 1. The van der Waals surface area contributed by atoms with Gasteiger partial charge in [0.15, 0.2) is 0 Å². The maximum atomic E-state index is 12.2. The maximum absolute atomic E-state index is 12.2. The molecule has 0 saturated carbocycles. The van der Waals surface area contributed by atoms with Gasteiger partial charge in [0.05, 0.1) is 6.61 Å². The van der Waals surface area contributed by atoms with Crippen molar-refractivity contribution in [1.29, 1.82) is 0 Å². The lowest BCUT2D eigenvalue weighted by Crippen LogP contribution is -2.43. The van der Waals surface area contributed by atoms with Crippen LogP contribution in [0, 0.1) is 0 Å². The van der Waals surface area contributed by atoms with Gasteiger partial charge in [0.2, 0.25) is 0 Å². The molecular formula is C18H25N3O2. The zero-order chi connectivity index (χ0) is 16.1. The second-order valence-corrected chi connectivity index (χ2v) is 6.26. The van der Waals surface area contributed by atoms with Crippen LogP contribution in [0.15, 0.2) is 30.5 Å². The quantitative estimate of drug-likeness (QED) is 0.715. The fourth-order valence-corrected chi connectivity index (χ4v) is 3.34. The summed E-state index contributed by atoms with van der Waals surface area (Å²) in [6.45, 7) is 2.90. The van der Waals surface area contributed by atoms with Gasteiger partial charge in [-0.3, -0.25) is 9.69 Å². The minimum Gasteiger partial charge on any atom is -0.395 e. The van der Waals surface area contributed by atoms with Gasteiger partial charge in [0.25, 0.3) is 5.91 Å². The Kier molecular flexibility index (Phi) is 5.31. The van der Waals surface area contributed by atoms with Gasteiger partial charge in [-0.2, -0.15) is 0 Å². The molecule has 23 heavy (non-hydrogen) atoms. The smallest absolute Gasteiger partial charge is 0.251 e. The Morgan fingerprint density at radius 2 is 2.26 bits per heavy atom. The molecule has 1 fully saturated rings. The zero-order valence-corrected chi connectivity index (χ0v) is 13.4. The van der Waals surface area contributed by atoms with Crippen LogP contribution in [-0.2, 0) is 0 Å². The Balaban J connectivity index is 1.45. The van der Waals surface area contributed by atoms with Gasteiger partial charge in [-0.15, -0.1) is 0 Å². The number of fused-ring (bicyclic) bond motifs is 1. The van der Waals surface area contributed by atoms with Crippen LogP contribution in [0.2, 0.25) is 0 Å². The molecule has 1 aliphatic rings. The molecule has 1 aromatic heterocycles. The van der Waals surface area contributed by atoms with Crippen molar-refractivity contribution in [2.24, 2.45) is 0 Å². The molecule has 0 spiro atoms. The van der Waals surface area contributed by atoms with Crippen LogP contribution >= 0.6 is 0 Å². The maximum Gasteiger partial charge on any atom is 0.251 e. The van der Waals surface area contributed by atoms with E-state index in [0.717, 1.165) is 36.8 Å². The van der Waals surface area contributed by atoms with Gasteiger partial charge in [0, 0.05) is 41.8 Å². The van der Waals surface area contributed by atoms with Gasteiger partial charge in [0.1, 0.15) is 0 Å². The number of aliphatic hydroxyl groups is 1. The standard InChI is InChI=1S/C18H25N3O2/c22-13-16-4-1-2-10-21(16)11-3-8-20-18(23)15-5-6-17-14(12-15)7-9-19-17/h5-7,9,12,16,19,22H,1-4,8,10-11,13H2,(H,20,23)/t16-/m1/s1. The molecule has 0 radical (unpaired) electrons. The number of likely N-dealkylation sites (tertiary alicyclic amines) is 1. The molecule has 0 bridgehead atoms. The van der Waals surface area contributed by atoms with Crippen LogP contribution in [0.3, 0.4) is 0 Å². The summed E-state index contributed by atoms with van der Waals surface area (Å²) in [5.41, 5.74) is 1.74. The summed E-state index contributed by atoms with van der Waals surface area (Å²) in [4.78, 5) is 17.7. The number of nitrogens with one attached hydrogen (secondary N) is 2. The molecule has 2 heterocycles. The molecule has 1 amide bonds. The monoisotopic (exact) mass is 315 g/mol. The van der Waals surface area contributed by atoms with Crippen LogP contribution in [0.1, 0.15) is 36.0 Å². The second-order valence-electron chi connectivity index (χ2n) is 6.26. The molecule has 5 heteroatoms. The van der Waals surface area contributed by atoms with E-state index in [1.807, 2.05) is 30.5 Å². The number of carbonyl (C=O) groups is 1. The van der Waals surface area contributed by atoms with Crippen molar-refractivity contribution in [2.75, 3.05) is 26.2 Å². The Labute approximate surface area is 136 Å². The first-order chi connectivity index (χ1) is 11.3. The lowest BCUT2D eigenvalue weighted by molar-refractivity contribution is 0.0868. The topological polar surface area (TPSA) is 68.4 Å². The highest BCUT2D eigenvalue weighted by Crippen LogP contribution is 2.16.